The quantitative estimate of drug-likeness (QED) is 0.180. The molecule has 8 aromatic rings. The fourth-order valence-electron chi connectivity index (χ4n) is 13.7. The van der Waals surface area contributed by atoms with E-state index < -0.39 is 5.41 Å². The number of nitrogens with zero attached hydrogens (tertiary/aromatic N) is 4. The van der Waals surface area contributed by atoms with E-state index in [1.165, 1.54) is 99.0 Å². The summed E-state index contributed by atoms with van der Waals surface area (Å²) in [6.07, 6.45) is 8.83. The van der Waals surface area contributed by atoms with Gasteiger partial charge in [-0.3, -0.25) is 4.98 Å². The monoisotopic (exact) mass is 756 g/mol. The van der Waals surface area contributed by atoms with E-state index in [1.54, 1.807) is 0 Å². The molecule has 4 bridgehead atoms. The number of aromatic nitrogens is 4. The smallest absolute Gasteiger partial charge is 0.164 e. The van der Waals surface area contributed by atoms with Crippen LogP contribution < -0.4 is 0 Å². The first-order chi connectivity index (χ1) is 29.2. The molecule has 7 aliphatic rings. The van der Waals surface area contributed by atoms with E-state index in [2.05, 4.69) is 146 Å². The van der Waals surface area contributed by atoms with E-state index in [9.17, 15) is 0 Å². The Kier molecular flexibility index (Phi) is 6.36. The molecule has 4 fully saturated rings. The van der Waals surface area contributed by atoms with Crippen LogP contribution in [0.1, 0.15) is 65.6 Å². The van der Waals surface area contributed by atoms with Crippen LogP contribution in [0.3, 0.4) is 0 Å². The molecule has 0 radical (unpaired) electrons. The molecule has 0 N–H and O–H groups in total. The summed E-state index contributed by atoms with van der Waals surface area (Å²) in [6.45, 7) is 0. The zero-order valence-electron chi connectivity index (χ0n) is 32.6. The minimum atomic E-state index is -0.442. The first kappa shape index (κ1) is 32.4. The molecule has 15 rings (SSSR count). The SMILES string of the molecule is c1ccc(-c2nc(-c3ccc4c(c3)-c3cccnc3C43C4CC5CC(C4)CC3C5)nc(-c3ccc4c(c3)C3(c5ccccc5-c5ccccc53)c3ccccc3-4)n2)cc1. The van der Waals surface area contributed by atoms with Crippen LogP contribution in [-0.4, -0.2) is 19.9 Å². The first-order valence-corrected chi connectivity index (χ1v) is 21.6. The standard InChI is InChI=1S/C55H40N4/c1-2-11-34(12-3-1)51-57-52(35-21-23-48-44(30-35)43-16-10-24-56-50(43)54(48)37-26-32-25-33(28-37)29-38(54)27-32)59-53(58-51)36-20-22-42-41-15-6-9-19-47(41)55(49(42)31-36)45-17-7-4-13-39(45)40-14-5-8-18-46(40)55/h1-24,30-33,37-38H,25-29H2. The van der Waals surface area contributed by atoms with Crippen molar-refractivity contribution in [2.24, 2.45) is 23.7 Å². The summed E-state index contributed by atoms with van der Waals surface area (Å²) < 4.78 is 0. The van der Waals surface area contributed by atoms with Crippen molar-refractivity contribution in [3.8, 4) is 67.5 Å². The highest BCUT2D eigenvalue weighted by Gasteiger charge is 2.62. The van der Waals surface area contributed by atoms with Crippen LogP contribution in [-0.2, 0) is 10.8 Å². The highest BCUT2D eigenvalue weighted by Crippen LogP contribution is 2.69. The molecule has 0 atom stereocenters. The van der Waals surface area contributed by atoms with Crippen LogP contribution in [0.4, 0.5) is 0 Å². The van der Waals surface area contributed by atoms with E-state index in [0.717, 1.165) is 28.5 Å². The zero-order valence-corrected chi connectivity index (χ0v) is 32.6. The predicted molar refractivity (Wildman–Crippen MR) is 233 cm³/mol. The highest BCUT2D eigenvalue weighted by atomic mass is 15.0. The summed E-state index contributed by atoms with van der Waals surface area (Å²) in [5.41, 5.74) is 18.4. The Morgan fingerprint density at radius 3 is 1.51 bits per heavy atom. The largest absolute Gasteiger partial charge is 0.260 e. The second-order valence-corrected chi connectivity index (χ2v) is 18.2. The molecule has 7 aliphatic carbocycles. The van der Waals surface area contributed by atoms with Gasteiger partial charge in [0.25, 0.3) is 0 Å². The molecular formula is C55H40N4. The molecular weight excluding hydrogens is 717 g/mol. The van der Waals surface area contributed by atoms with Crippen molar-refractivity contribution in [3.05, 3.63) is 191 Å². The van der Waals surface area contributed by atoms with Gasteiger partial charge in [-0.1, -0.05) is 133 Å². The Balaban J connectivity index is 0.967. The number of fused-ring (bicyclic) bond motifs is 13. The maximum absolute atomic E-state index is 5.40. The second-order valence-electron chi connectivity index (χ2n) is 18.2. The van der Waals surface area contributed by atoms with Gasteiger partial charge in [-0.25, -0.2) is 15.0 Å². The summed E-state index contributed by atoms with van der Waals surface area (Å²) in [7, 11) is 0. The van der Waals surface area contributed by atoms with Crippen LogP contribution in [0.15, 0.2) is 158 Å². The molecule has 0 amide bonds. The normalized spacial score (nSPS) is 23.8. The molecule has 2 aromatic heterocycles. The van der Waals surface area contributed by atoms with E-state index in [-0.39, 0.29) is 5.41 Å². The minimum Gasteiger partial charge on any atom is -0.260 e. The number of hydrogen-bond donors (Lipinski definition) is 0. The number of hydrogen-bond acceptors (Lipinski definition) is 4. The number of pyridine rings is 1. The Morgan fingerprint density at radius 1 is 0.373 bits per heavy atom. The fraction of sp³-hybridized carbons (Fsp3) is 0.200. The number of rotatable bonds is 3. The topological polar surface area (TPSA) is 51.6 Å². The molecule has 4 nitrogen and oxygen atoms in total. The molecule has 0 aliphatic heterocycles. The van der Waals surface area contributed by atoms with Crippen molar-refractivity contribution in [1.29, 1.82) is 0 Å². The van der Waals surface area contributed by atoms with E-state index in [1.807, 2.05) is 12.3 Å². The summed E-state index contributed by atoms with van der Waals surface area (Å²) >= 11 is 0. The molecule has 59 heavy (non-hydrogen) atoms. The van der Waals surface area contributed by atoms with Gasteiger partial charge in [-0.2, -0.15) is 0 Å². The molecule has 0 saturated heterocycles. The fourth-order valence-corrected chi connectivity index (χ4v) is 13.7. The van der Waals surface area contributed by atoms with Crippen LogP contribution in [0.2, 0.25) is 0 Å². The zero-order chi connectivity index (χ0) is 38.5. The molecule has 4 saturated carbocycles. The third-order valence-corrected chi connectivity index (χ3v) is 15.6. The molecule has 280 valence electrons. The van der Waals surface area contributed by atoms with Gasteiger partial charge in [-0.05, 0) is 130 Å². The van der Waals surface area contributed by atoms with Gasteiger partial charge in [0, 0.05) is 33.9 Å². The number of benzene rings is 6. The average molecular weight is 757 g/mol. The third kappa shape index (κ3) is 4.09. The van der Waals surface area contributed by atoms with E-state index in [4.69, 9.17) is 19.9 Å². The van der Waals surface area contributed by atoms with Crippen molar-refractivity contribution >= 4 is 0 Å². The Labute approximate surface area is 344 Å². The van der Waals surface area contributed by atoms with Gasteiger partial charge in [0.1, 0.15) is 0 Å². The Morgan fingerprint density at radius 2 is 0.881 bits per heavy atom. The van der Waals surface area contributed by atoms with Crippen LogP contribution in [0, 0.1) is 23.7 Å². The molecule has 0 unspecified atom stereocenters. The maximum atomic E-state index is 5.40. The molecule has 4 heteroatoms. The van der Waals surface area contributed by atoms with Gasteiger partial charge in [-0.15, -0.1) is 0 Å². The molecule has 2 heterocycles. The van der Waals surface area contributed by atoms with E-state index in [0.29, 0.717) is 29.3 Å². The van der Waals surface area contributed by atoms with Crippen molar-refractivity contribution in [1.82, 2.24) is 19.9 Å². The van der Waals surface area contributed by atoms with Crippen LogP contribution in [0.5, 0.6) is 0 Å². The second kappa shape index (κ2) is 11.6. The van der Waals surface area contributed by atoms with Gasteiger partial charge in [0.15, 0.2) is 17.5 Å². The van der Waals surface area contributed by atoms with Crippen molar-refractivity contribution in [3.63, 3.8) is 0 Å². The summed E-state index contributed by atoms with van der Waals surface area (Å²) in [5.74, 6) is 5.17. The molecule has 2 spiro atoms. The van der Waals surface area contributed by atoms with Gasteiger partial charge in [0.05, 0.1) is 11.1 Å². The summed E-state index contributed by atoms with van der Waals surface area (Å²) in [6, 6.07) is 55.8. The van der Waals surface area contributed by atoms with Crippen LogP contribution >= 0.6 is 0 Å². The maximum Gasteiger partial charge on any atom is 0.164 e. The lowest BCUT2D eigenvalue weighted by atomic mass is 9.43. The summed E-state index contributed by atoms with van der Waals surface area (Å²) in [5, 5.41) is 0. The van der Waals surface area contributed by atoms with Gasteiger partial charge < -0.3 is 0 Å². The highest BCUT2D eigenvalue weighted by molar-refractivity contribution is 5.96. The predicted octanol–water partition coefficient (Wildman–Crippen LogP) is 12.3. The minimum absolute atomic E-state index is 0.0206. The lowest BCUT2D eigenvalue weighted by Crippen LogP contribution is -2.55. The lowest BCUT2D eigenvalue weighted by molar-refractivity contribution is -0.0415. The van der Waals surface area contributed by atoms with Crippen LogP contribution in [0.25, 0.3) is 67.5 Å². The Bertz CT molecular complexity index is 3000. The third-order valence-electron chi connectivity index (χ3n) is 15.6. The van der Waals surface area contributed by atoms with Gasteiger partial charge in [0.2, 0.25) is 0 Å². The van der Waals surface area contributed by atoms with Crippen molar-refractivity contribution in [2.75, 3.05) is 0 Å². The van der Waals surface area contributed by atoms with E-state index >= 15 is 0 Å². The van der Waals surface area contributed by atoms with Gasteiger partial charge >= 0.3 is 0 Å². The first-order valence-electron chi connectivity index (χ1n) is 21.6. The molecule has 6 aromatic carbocycles. The van der Waals surface area contributed by atoms with Crippen molar-refractivity contribution in [2.45, 2.75) is 42.9 Å². The average Bonchev–Trinajstić information content (AvgIpc) is 3.88. The lowest BCUT2D eigenvalue weighted by Gasteiger charge is -2.60. The summed E-state index contributed by atoms with van der Waals surface area (Å²) in [4.78, 5) is 21.2. The Hall–Kier alpha value is -6.52. The van der Waals surface area contributed by atoms with Crippen molar-refractivity contribution < 1.29 is 0 Å².